The van der Waals surface area contributed by atoms with Gasteiger partial charge in [-0.3, -0.25) is 0 Å². The molecule has 0 fully saturated rings. The van der Waals surface area contributed by atoms with Crippen LogP contribution >= 0.6 is 12.4 Å². The summed E-state index contributed by atoms with van der Waals surface area (Å²) in [4.78, 5) is 4.24. The van der Waals surface area contributed by atoms with Gasteiger partial charge in [-0.25, -0.2) is 4.98 Å². The average molecular weight is 198 g/mol. The largest absolute Gasteiger partial charge is 0.330 e. The maximum atomic E-state index is 5.47. The molecule has 0 bridgehead atoms. The molecule has 0 unspecified atom stereocenters. The van der Waals surface area contributed by atoms with Gasteiger partial charge in [-0.05, 0) is 18.7 Å². The van der Waals surface area contributed by atoms with Gasteiger partial charge in [0.1, 0.15) is 5.65 Å². The van der Waals surface area contributed by atoms with Crippen molar-refractivity contribution >= 4 is 18.1 Å². The average Bonchev–Trinajstić information content (AvgIpc) is 2.50. The fraction of sp³-hybridized carbons (Fsp3) is 0.222. The Balaban J connectivity index is 0.000000845. The Morgan fingerprint density at radius 3 is 3.00 bits per heavy atom. The second-order valence-electron chi connectivity index (χ2n) is 2.72. The number of nitrogens with zero attached hydrogens (tertiary/aromatic N) is 2. The van der Waals surface area contributed by atoms with Crippen molar-refractivity contribution in [1.82, 2.24) is 9.38 Å². The van der Waals surface area contributed by atoms with Crippen molar-refractivity contribution in [2.24, 2.45) is 5.73 Å². The first-order valence-electron chi connectivity index (χ1n) is 4.03. The van der Waals surface area contributed by atoms with Gasteiger partial charge < -0.3 is 10.1 Å². The zero-order chi connectivity index (χ0) is 8.39. The van der Waals surface area contributed by atoms with E-state index in [0.717, 1.165) is 12.1 Å². The van der Waals surface area contributed by atoms with E-state index in [2.05, 4.69) is 9.38 Å². The Labute approximate surface area is 83.0 Å². The second-order valence-corrected chi connectivity index (χ2v) is 2.72. The molecule has 4 heteroatoms. The molecular weight excluding hydrogens is 186 g/mol. The number of hydrogen-bond acceptors (Lipinski definition) is 2. The van der Waals surface area contributed by atoms with Crippen molar-refractivity contribution in [2.75, 3.05) is 6.54 Å². The zero-order valence-electron chi connectivity index (χ0n) is 7.18. The van der Waals surface area contributed by atoms with E-state index in [1.807, 2.05) is 30.6 Å². The third-order valence-electron chi connectivity index (χ3n) is 1.89. The molecule has 0 aliphatic heterocycles. The van der Waals surface area contributed by atoms with Crippen LogP contribution in [0.25, 0.3) is 5.65 Å². The lowest BCUT2D eigenvalue weighted by Crippen LogP contribution is -2.04. The minimum Gasteiger partial charge on any atom is -0.330 e. The number of rotatable bonds is 2. The molecule has 0 saturated heterocycles. The summed E-state index contributed by atoms with van der Waals surface area (Å²) in [5.74, 6) is 0. The quantitative estimate of drug-likeness (QED) is 0.788. The molecule has 0 amide bonds. The minimum atomic E-state index is 0. The standard InChI is InChI=1S/C9H11N3.ClH/c10-5-4-8-7-11-9-3-1-2-6-12(8)9;/h1-3,6-7H,4-5,10H2;1H. The Morgan fingerprint density at radius 2 is 2.23 bits per heavy atom. The van der Waals surface area contributed by atoms with Crippen molar-refractivity contribution in [2.45, 2.75) is 6.42 Å². The number of fused-ring (bicyclic) bond motifs is 1. The summed E-state index contributed by atoms with van der Waals surface area (Å²) in [6.07, 6.45) is 4.76. The van der Waals surface area contributed by atoms with Crippen molar-refractivity contribution in [3.8, 4) is 0 Å². The normalized spacial score (nSPS) is 9.92. The fourth-order valence-corrected chi connectivity index (χ4v) is 1.32. The number of nitrogens with two attached hydrogens (primary N) is 1. The molecule has 0 aromatic carbocycles. The highest BCUT2D eigenvalue weighted by Crippen LogP contribution is 2.05. The van der Waals surface area contributed by atoms with E-state index in [0.29, 0.717) is 6.54 Å². The molecule has 0 radical (unpaired) electrons. The molecule has 2 rings (SSSR count). The van der Waals surface area contributed by atoms with E-state index in [4.69, 9.17) is 5.73 Å². The van der Waals surface area contributed by atoms with E-state index in [1.165, 1.54) is 5.69 Å². The van der Waals surface area contributed by atoms with E-state index >= 15 is 0 Å². The Morgan fingerprint density at radius 1 is 1.38 bits per heavy atom. The highest BCUT2D eigenvalue weighted by atomic mass is 35.5. The van der Waals surface area contributed by atoms with Crippen molar-refractivity contribution in [3.05, 3.63) is 36.3 Å². The molecule has 0 saturated carbocycles. The van der Waals surface area contributed by atoms with Crippen LogP contribution in [0, 0.1) is 0 Å². The first kappa shape index (κ1) is 10.0. The van der Waals surface area contributed by atoms with Crippen LogP contribution in [0.4, 0.5) is 0 Å². The molecule has 2 heterocycles. The maximum absolute atomic E-state index is 5.47. The number of imidazole rings is 1. The van der Waals surface area contributed by atoms with Crippen molar-refractivity contribution in [1.29, 1.82) is 0 Å². The van der Waals surface area contributed by atoms with Crippen LogP contribution in [0.15, 0.2) is 30.6 Å². The number of halogens is 1. The molecular formula is C9H12ClN3. The Kier molecular flexibility index (Phi) is 3.28. The van der Waals surface area contributed by atoms with Gasteiger partial charge in [-0.1, -0.05) is 6.07 Å². The van der Waals surface area contributed by atoms with E-state index in [9.17, 15) is 0 Å². The van der Waals surface area contributed by atoms with Crippen LogP contribution in [0.5, 0.6) is 0 Å². The third-order valence-corrected chi connectivity index (χ3v) is 1.89. The van der Waals surface area contributed by atoms with E-state index < -0.39 is 0 Å². The van der Waals surface area contributed by atoms with Gasteiger partial charge in [-0.2, -0.15) is 0 Å². The lowest BCUT2D eigenvalue weighted by Gasteiger charge is -1.97. The third kappa shape index (κ3) is 1.82. The lowest BCUT2D eigenvalue weighted by atomic mass is 10.3. The van der Waals surface area contributed by atoms with E-state index in [-0.39, 0.29) is 12.4 Å². The summed E-state index contributed by atoms with van der Waals surface area (Å²) < 4.78 is 2.06. The summed E-state index contributed by atoms with van der Waals surface area (Å²) in [5.41, 5.74) is 7.63. The molecule has 3 nitrogen and oxygen atoms in total. The van der Waals surface area contributed by atoms with E-state index in [1.54, 1.807) is 0 Å². The predicted molar refractivity (Wildman–Crippen MR) is 55.2 cm³/mol. The highest BCUT2D eigenvalue weighted by molar-refractivity contribution is 5.85. The van der Waals surface area contributed by atoms with Crippen LogP contribution in [0.2, 0.25) is 0 Å². The van der Waals surface area contributed by atoms with Gasteiger partial charge in [0, 0.05) is 24.5 Å². The minimum absolute atomic E-state index is 0. The lowest BCUT2D eigenvalue weighted by molar-refractivity contribution is 0.905. The fourth-order valence-electron chi connectivity index (χ4n) is 1.32. The van der Waals surface area contributed by atoms with Gasteiger partial charge in [0.2, 0.25) is 0 Å². The highest BCUT2D eigenvalue weighted by Gasteiger charge is 1.99. The van der Waals surface area contributed by atoms with Crippen molar-refractivity contribution < 1.29 is 0 Å². The summed E-state index contributed by atoms with van der Waals surface area (Å²) in [5, 5.41) is 0. The van der Waals surface area contributed by atoms with Gasteiger partial charge in [0.05, 0.1) is 0 Å². The first-order valence-corrected chi connectivity index (χ1v) is 4.03. The van der Waals surface area contributed by atoms with Crippen LogP contribution in [-0.2, 0) is 6.42 Å². The van der Waals surface area contributed by atoms with Gasteiger partial charge in [-0.15, -0.1) is 12.4 Å². The van der Waals surface area contributed by atoms with Crippen molar-refractivity contribution in [3.63, 3.8) is 0 Å². The summed E-state index contributed by atoms with van der Waals surface area (Å²) in [7, 11) is 0. The molecule has 70 valence electrons. The summed E-state index contributed by atoms with van der Waals surface area (Å²) in [6.45, 7) is 0.669. The SMILES string of the molecule is Cl.NCCc1cnc2ccccn12. The Bertz CT molecular complexity index is 383. The number of pyridine rings is 1. The monoisotopic (exact) mass is 197 g/mol. The summed E-state index contributed by atoms with van der Waals surface area (Å²) >= 11 is 0. The molecule has 0 aliphatic carbocycles. The first-order chi connectivity index (χ1) is 5.92. The topological polar surface area (TPSA) is 43.3 Å². The Hall–Kier alpha value is -1.06. The van der Waals surface area contributed by atoms with Crippen LogP contribution < -0.4 is 5.73 Å². The molecule has 2 aromatic heterocycles. The molecule has 13 heavy (non-hydrogen) atoms. The van der Waals surface area contributed by atoms with Crippen LogP contribution in [0.1, 0.15) is 5.69 Å². The number of aromatic nitrogens is 2. The molecule has 0 spiro atoms. The predicted octanol–water partition coefficient (Wildman–Crippen LogP) is 1.26. The smallest absolute Gasteiger partial charge is 0.136 e. The zero-order valence-corrected chi connectivity index (χ0v) is 8.00. The van der Waals surface area contributed by atoms with Gasteiger partial charge >= 0.3 is 0 Å². The van der Waals surface area contributed by atoms with Crippen LogP contribution in [-0.4, -0.2) is 15.9 Å². The maximum Gasteiger partial charge on any atom is 0.136 e. The molecule has 2 N–H and O–H groups in total. The molecule has 0 aliphatic rings. The van der Waals surface area contributed by atoms with Gasteiger partial charge in [0.25, 0.3) is 0 Å². The molecule has 0 atom stereocenters. The summed E-state index contributed by atoms with van der Waals surface area (Å²) in [6, 6.07) is 5.96. The van der Waals surface area contributed by atoms with Crippen LogP contribution in [0.3, 0.4) is 0 Å². The second kappa shape index (κ2) is 4.25. The van der Waals surface area contributed by atoms with Gasteiger partial charge in [0.15, 0.2) is 0 Å². The molecule has 2 aromatic rings. The number of hydrogen-bond donors (Lipinski definition) is 1.